The molecule has 0 saturated heterocycles. The molecule has 0 radical (unpaired) electrons. The van der Waals surface area contributed by atoms with Crippen LogP contribution in [0.3, 0.4) is 0 Å². The van der Waals surface area contributed by atoms with Gasteiger partial charge < -0.3 is 15.4 Å². The van der Waals surface area contributed by atoms with Crippen LogP contribution >= 0.6 is 0 Å². The van der Waals surface area contributed by atoms with Crippen LogP contribution in [0.15, 0.2) is 6.33 Å². The van der Waals surface area contributed by atoms with Gasteiger partial charge in [-0.15, -0.1) is 0 Å². The predicted octanol–water partition coefficient (Wildman–Crippen LogP) is 0.632. The molecular formula is C11H17N3O3. The molecule has 0 saturated carbocycles. The van der Waals surface area contributed by atoms with Gasteiger partial charge in [0, 0.05) is 31.5 Å². The topological polar surface area (TPSA) is 95.1 Å². The number of nitrogens with zero attached hydrogens (tertiary/aromatic N) is 1. The van der Waals surface area contributed by atoms with E-state index in [1.54, 1.807) is 6.33 Å². The number of hydrogen-bond donors (Lipinski definition) is 3. The van der Waals surface area contributed by atoms with Crippen LogP contribution in [0.1, 0.15) is 30.7 Å². The second-order valence-corrected chi connectivity index (χ2v) is 3.81. The summed E-state index contributed by atoms with van der Waals surface area (Å²) in [6.07, 6.45) is 3.00. The molecule has 0 spiro atoms. The second kappa shape index (κ2) is 6.67. The smallest absolute Gasteiger partial charge is 0.303 e. The Morgan fingerprint density at radius 3 is 2.82 bits per heavy atom. The Kier molecular flexibility index (Phi) is 5.19. The number of aryl methyl sites for hydroxylation is 1. The van der Waals surface area contributed by atoms with Crippen LogP contribution in [-0.2, 0) is 16.0 Å². The Morgan fingerprint density at radius 2 is 2.24 bits per heavy atom. The van der Waals surface area contributed by atoms with Gasteiger partial charge in [-0.3, -0.25) is 9.59 Å². The highest BCUT2D eigenvalue weighted by molar-refractivity contribution is 5.76. The number of carboxylic acid groups (broad SMARTS) is 1. The highest BCUT2D eigenvalue weighted by atomic mass is 16.4. The minimum Gasteiger partial charge on any atom is -0.481 e. The zero-order valence-corrected chi connectivity index (χ0v) is 9.82. The van der Waals surface area contributed by atoms with Gasteiger partial charge in [0.2, 0.25) is 5.91 Å². The number of aromatic nitrogens is 2. The van der Waals surface area contributed by atoms with Crippen molar-refractivity contribution in [2.45, 2.75) is 32.6 Å². The SMILES string of the molecule is Cc1nc[nH]c1CCNC(=O)CCCC(=O)O. The van der Waals surface area contributed by atoms with Crippen molar-refractivity contribution in [3.8, 4) is 0 Å². The molecule has 94 valence electrons. The van der Waals surface area contributed by atoms with Gasteiger partial charge in [-0.05, 0) is 13.3 Å². The first-order valence-electron chi connectivity index (χ1n) is 5.57. The fourth-order valence-corrected chi connectivity index (χ4v) is 1.46. The van der Waals surface area contributed by atoms with Crippen LogP contribution in [0.4, 0.5) is 0 Å². The molecular weight excluding hydrogens is 222 g/mol. The first-order valence-corrected chi connectivity index (χ1v) is 5.57. The number of imidazole rings is 1. The largest absolute Gasteiger partial charge is 0.481 e. The lowest BCUT2D eigenvalue weighted by Crippen LogP contribution is -2.25. The third-order valence-electron chi connectivity index (χ3n) is 2.43. The number of rotatable bonds is 7. The van der Waals surface area contributed by atoms with Gasteiger partial charge in [-0.1, -0.05) is 0 Å². The summed E-state index contributed by atoms with van der Waals surface area (Å²) >= 11 is 0. The maximum atomic E-state index is 11.3. The molecule has 1 rings (SSSR count). The number of carbonyl (C=O) groups is 2. The fourth-order valence-electron chi connectivity index (χ4n) is 1.46. The molecule has 1 heterocycles. The summed E-state index contributed by atoms with van der Waals surface area (Å²) in [5.41, 5.74) is 1.95. The van der Waals surface area contributed by atoms with Gasteiger partial charge in [0.15, 0.2) is 0 Å². The number of H-pyrrole nitrogens is 1. The zero-order chi connectivity index (χ0) is 12.7. The van der Waals surface area contributed by atoms with E-state index >= 15 is 0 Å². The Morgan fingerprint density at radius 1 is 1.47 bits per heavy atom. The van der Waals surface area contributed by atoms with Gasteiger partial charge in [0.05, 0.1) is 12.0 Å². The molecule has 17 heavy (non-hydrogen) atoms. The van der Waals surface area contributed by atoms with Crippen LogP contribution in [0, 0.1) is 6.92 Å². The second-order valence-electron chi connectivity index (χ2n) is 3.81. The van der Waals surface area contributed by atoms with E-state index in [2.05, 4.69) is 15.3 Å². The van der Waals surface area contributed by atoms with Crippen LogP contribution in [-0.4, -0.2) is 33.5 Å². The average molecular weight is 239 g/mol. The number of amides is 1. The fraction of sp³-hybridized carbons (Fsp3) is 0.545. The third-order valence-corrected chi connectivity index (χ3v) is 2.43. The number of hydrogen-bond acceptors (Lipinski definition) is 3. The molecule has 0 bridgehead atoms. The lowest BCUT2D eigenvalue weighted by atomic mass is 10.2. The Hall–Kier alpha value is -1.85. The normalized spacial score (nSPS) is 10.2. The lowest BCUT2D eigenvalue weighted by molar-refractivity contribution is -0.137. The first-order chi connectivity index (χ1) is 8.09. The van der Waals surface area contributed by atoms with E-state index in [4.69, 9.17) is 5.11 Å². The number of aromatic amines is 1. The van der Waals surface area contributed by atoms with Crippen molar-refractivity contribution < 1.29 is 14.7 Å². The molecule has 0 aromatic carbocycles. The Bertz CT molecular complexity index is 387. The summed E-state index contributed by atoms with van der Waals surface area (Å²) in [6, 6.07) is 0. The predicted molar refractivity (Wildman–Crippen MR) is 61.5 cm³/mol. The molecule has 1 aromatic heterocycles. The lowest BCUT2D eigenvalue weighted by Gasteiger charge is -2.04. The summed E-state index contributed by atoms with van der Waals surface area (Å²) < 4.78 is 0. The summed E-state index contributed by atoms with van der Waals surface area (Å²) in [5, 5.41) is 11.2. The molecule has 0 fully saturated rings. The van der Waals surface area contributed by atoms with Crippen molar-refractivity contribution in [3.05, 3.63) is 17.7 Å². The summed E-state index contributed by atoms with van der Waals surface area (Å²) in [4.78, 5) is 28.6. The Labute approximate surface area is 99.4 Å². The van der Waals surface area contributed by atoms with Crippen LogP contribution in [0.5, 0.6) is 0 Å². The summed E-state index contributed by atoms with van der Waals surface area (Å²) in [6.45, 7) is 2.44. The summed E-state index contributed by atoms with van der Waals surface area (Å²) in [7, 11) is 0. The summed E-state index contributed by atoms with van der Waals surface area (Å²) in [5.74, 6) is -0.977. The van der Waals surface area contributed by atoms with Crippen molar-refractivity contribution >= 4 is 11.9 Å². The maximum Gasteiger partial charge on any atom is 0.303 e. The quantitative estimate of drug-likeness (QED) is 0.650. The van der Waals surface area contributed by atoms with Gasteiger partial charge in [0.25, 0.3) is 0 Å². The van der Waals surface area contributed by atoms with Gasteiger partial charge in [0.1, 0.15) is 0 Å². The van der Waals surface area contributed by atoms with E-state index in [0.29, 0.717) is 19.4 Å². The van der Waals surface area contributed by atoms with Crippen molar-refractivity contribution in [1.82, 2.24) is 15.3 Å². The van der Waals surface area contributed by atoms with E-state index in [1.165, 1.54) is 0 Å². The van der Waals surface area contributed by atoms with Crippen molar-refractivity contribution in [2.75, 3.05) is 6.54 Å². The molecule has 6 nitrogen and oxygen atoms in total. The monoisotopic (exact) mass is 239 g/mol. The number of carboxylic acids is 1. The molecule has 0 aliphatic heterocycles. The first kappa shape index (κ1) is 13.2. The van der Waals surface area contributed by atoms with Crippen LogP contribution in [0.25, 0.3) is 0 Å². The van der Waals surface area contributed by atoms with Crippen molar-refractivity contribution in [1.29, 1.82) is 0 Å². The molecule has 6 heteroatoms. The standard InChI is InChI=1S/C11H17N3O3/c1-8-9(14-7-13-8)5-6-12-10(15)3-2-4-11(16)17/h7H,2-6H2,1H3,(H,12,15)(H,13,14)(H,16,17). The van der Waals surface area contributed by atoms with E-state index < -0.39 is 5.97 Å². The minimum absolute atomic E-state index is 0.0348. The van der Waals surface area contributed by atoms with E-state index in [9.17, 15) is 9.59 Å². The van der Waals surface area contributed by atoms with Crippen molar-refractivity contribution in [2.24, 2.45) is 0 Å². The Balaban J connectivity index is 2.12. The number of nitrogens with one attached hydrogen (secondary N) is 2. The average Bonchev–Trinajstić information content (AvgIpc) is 2.64. The molecule has 0 unspecified atom stereocenters. The number of aliphatic carboxylic acids is 1. The van der Waals surface area contributed by atoms with E-state index in [1.807, 2.05) is 6.92 Å². The van der Waals surface area contributed by atoms with E-state index in [-0.39, 0.29) is 18.7 Å². The molecule has 1 aromatic rings. The van der Waals surface area contributed by atoms with Crippen LogP contribution in [0.2, 0.25) is 0 Å². The third kappa shape index (κ3) is 5.14. The molecule has 1 amide bonds. The number of carbonyl (C=O) groups excluding carboxylic acids is 1. The molecule has 3 N–H and O–H groups in total. The van der Waals surface area contributed by atoms with Crippen LogP contribution < -0.4 is 5.32 Å². The zero-order valence-electron chi connectivity index (χ0n) is 9.82. The van der Waals surface area contributed by atoms with Gasteiger partial charge >= 0.3 is 5.97 Å². The molecule has 0 aliphatic rings. The molecule has 0 aliphatic carbocycles. The van der Waals surface area contributed by atoms with Gasteiger partial charge in [-0.25, -0.2) is 4.98 Å². The maximum absolute atomic E-state index is 11.3. The highest BCUT2D eigenvalue weighted by Gasteiger charge is 2.04. The minimum atomic E-state index is -0.870. The highest BCUT2D eigenvalue weighted by Crippen LogP contribution is 2.00. The molecule has 0 atom stereocenters. The van der Waals surface area contributed by atoms with Gasteiger partial charge in [-0.2, -0.15) is 0 Å². The van der Waals surface area contributed by atoms with Crippen molar-refractivity contribution in [3.63, 3.8) is 0 Å². The van der Waals surface area contributed by atoms with E-state index in [0.717, 1.165) is 11.4 Å².